The summed E-state index contributed by atoms with van der Waals surface area (Å²) < 4.78 is 54.8. The van der Waals surface area contributed by atoms with Gasteiger partial charge in [0, 0.05) is 37.8 Å². The lowest BCUT2D eigenvalue weighted by Crippen LogP contribution is -2.55. The van der Waals surface area contributed by atoms with Crippen molar-refractivity contribution in [3.8, 4) is 11.8 Å². The van der Waals surface area contributed by atoms with Gasteiger partial charge in [-0.1, -0.05) is 18.2 Å². The van der Waals surface area contributed by atoms with Crippen molar-refractivity contribution in [3.05, 3.63) is 89.2 Å². The third kappa shape index (κ3) is 5.81. The number of ether oxygens (including phenoxy) is 2. The Morgan fingerprint density at radius 2 is 1.66 bits per heavy atom. The van der Waals surface area contributed by atoms with Gasteiger partial charge < -0.3 is 19.3 Å². The number of halogens is 1. The minimum atomic E-state index is -4.65. The van der Waals surface area contributed by atoms with Gasteiger partial charge in [-0.05, 0) is 88.4 Å². The Labute approximate surface area is 273 Å². The molecule has 13 heteroatoms. The third-order valence-corrected chi connectivity index (χ3v) is 10.9. The number of para-hydroxylation sites is 1. The normalized spacial score (nSPS) is 20.9. The quantitative estimate of drug-likeness (QED) is 0.371. The molecule has 2 saturated heterocycles. The fourth-order valence-corrected chi connectivity index (χ4v) is 8.12. The van der Waals surface area contributed by atoms with Crippen molar-refractivity contribution in [2.45, 2.75) is 36.3 Å². The number of sulfonamides is 1. The summed E-state index contributed by atoms with van der Waals surface area (Å²) in [5.74, 6) is -1.53. The van der Waals surface area contributed by atoms with Crippen LogP contribution < -0.4 is 9.04 Å². The second-order valence-corrected chi connectivity index (χ2v) is 13.7. The maximum atomic E-state index is 14.9. The van der Waals surface area contributed by atoms with E-state index in [4.69, 9.17) is 9.47 Å². The van der Waals surface area contributed by atoms with Crippen LogP contribution in [0.2, 0.25) is 0 Å². The van der Waals surface area contributed by atoms with E-state index in [0.717, 1.165) is 50.2 Å². The number of anilines is 1. The first kappa shape index (κ1) is 32.4. The van der Waals surface area contributed by atoms with E-state index in [9.17, 15) is 27.7 Å². The summed E-state index contributed by atoms with van der Waals surface area (Å²) in [6, 6.07) is 17.1. The first-order valence-corrected chi connectivity index (χ1v) is 17.1. The van der Waals surface area contributed by atoms with E-state index in [0.29, 0.717) is 36.5 Å². The van der Waals surface area contributed by atoms with Crippen molar-refractivity contribution < 1.29 is 31.9 Å². The van der Waals surface area contributed by atoms with Gasteiger partial charge in [0.05, 0.1) is 34.4 Å². The van der Waals surface area contributed by atoms with Crippen molar-refractivity contribution in [1.82, 2.24) is 14.7 Å². The number of hydrogen-bond acceptors (Lipinski definition) is 9. The number of piperidine rings is 1. The number of piperazine rings is 1. The molecule has 1 atom stereocenters. The Balaban J connectivity index is 1.43. The number of fused-ring (bicyclic) bond motifs is 1. The number of rotatable bonds is 7. The largest absolute Gasteiger partial charge is 0.493 e. The van der Waals surface area contributed by atoms with Crippen LogP contribution in [0, 0.1) is 17.1 Å². The fourth-order valence-electron chi connectivity index (χ4n) is 6.66. The van der Waals surface area contributed by atoms with E-state index in [-0.39, 0.29) is 39.6 Å². The molecule has 11 nitrogen and oxygen atoms in total. The number of carbonyl (C=O) groups excluding carboxylic acids is 2. The van der Waals surface area contributed by atoms with Crippen LogP contribution >= 0.6 is 0 Å². The smallest absolute Gasteiger partial charge is 0.411 e. The van der Waals surface area contributed by atoms with Crippen LogP contribution in [0.5, 0.6) is 5.75 Å². The number of likely N-dealkylation sites (tertiary alicyclic amines) is 1. The Hall–Kier alpha value is -4.51. The maximum absolute atomic E-state index is 14.9. The zero-order valence-corrected chi connectivity index (χ0v) is 27.1. The van der Waals surface area contributed by atoms with Crippen molar-refractivity contribution in [1.29, 1.82) is 5.26 Å². The summed E-state index contributed by atoms with van der Waals surface area (Å²) in [5, 5.41) is 9.83. The maximum Gasteiger partial charge on any atom is 0.411 e. The van der Waals surface area contributed by atoms with Gasteiger partial charge in [0.2, 0.25) is 5.60 Å². The Bertz CT molecular complexity index is 1820. The van der Waals surface area contributed by atoms with Crippen LogP contribution in [0.15, 0.2) is 71.6 Å². The van der Waals surface area contributed by atoms with Crippen LogP contribution in [0.1, 0.15) is 36.5 Å². The Morgan fingerprint density at radius 1 is 0.979 bits per heavy atom. The van der Waals surface area contributed by atoms with Crippen LogP contribution in [0.25, 0.3) is 0 Å². The monoisotopic (exact) mass is 661 g/mol. The molecule has 246 valence electrons. The molecule has 2 fully saturated rings. The predicted octanol–water partition coefficient (Wildman–Crippen LogP) is 3.92. The molecule has 2 amide bonds. The van der Waals surface area contributed by atoms with Crippen LogP contribution in [-0.2, 0) is 25.2 Å². The second-order valence-electron chi connectivity index (χ2n) is 11.9. The number of amides is 2. The van der Waals surface area contributed by atoms with Gasteiger partial charge in [-0.2, -0.15) is 9.57 Å². The number of nitriles is 1. The zero-order valence-electron chi connectivity index (χ0n) is 26.3. The predicted molar refractivity (Wildman–Crippen MR) is 171 cm³/mol. The van der Waals surface area contributed by atoms with E-state index in [1.165, 1.54) is 23.1 Å². The van der Waals surface area contributed by atoms with Gasteiger partial charge in [0.1, 0.15) is 11.6 Å². The lowest BCUT2D eigenvalue weighted by atomic mass is 9.85. The Morgan fingerprint density at radius 3 is 2.32 bits per heavy atom. The number of carbonyl (C=O) groups is 2. The SMILES string of the molecule is CCOc1ccccc1C1(OC(=O)N2CCN(C3CCN(C)CC3)CC2)C(=O)N(S(=O)(=O)c2ccc(F)cc2)c2ccc(C#N)cc21. The summed E-state index contributed by atoms with van der Waals surface area (Å²) in [6.45, 7) is 5.94. The molecule has 0 spiro atoms. The molecular formula is C34H36FN5O6S. The summed E-state index contributed by atoms with van der Waals surface area (Å²) in [5.41, 5.74) is -2.19. The molecular weight excluding hydrogens is 625 g/mol. The lowest BCUT2D eigenvalue weighted by molar-refractivity contribution is -0.132. The molecule has 3 aliphatic rings. The molecule has 0 aromatic heterocycles. The molecule has 0 bridgehead atoms. The van der Waals surface area contributed by atoms with Gasteiger partial charge in [-0.3, -0.25) is 9.69 Å². The highest BCUT2D eigenvalue weighted by molar-refractivity contribution is 7.93. The molecule has 0 aliphatic carbocycles. The highest BCUT2D eigenvalue weighted by atomic mass is 32.2. The van der Waals surface area contributed by atoms with Crippen molar-refractivity contribution in [3.63, 3.8) is 0 Å². The van der Waals surface area contributed by atoms with Gasteiger partial charge in [-0.15, -0.1) is 0 Å². The molecule has 1 unspecified atom stereocenters. The summed E-state index contributed by atoms with van der Waals surface area (Å²) >= 11 is 0. The third-order valence-electron chi connectivity index (χ3n) is 9.14. The zero-order chi connectivity index (χ0) is 33.3. The summed E-state index contributed by atoms with van der Waals surface area (Å²) in [4.78, 5) is 34.8. The highest BCUT2D eigenvalue weighted by Crippen LogP contribution is 2.52. The molecule has 3 aromatic carbocycles. The first-order chi connectivity index (χ1) is 22.6. The van der Waals surface area contributed by atoms with Crippen LogP contribution in [0.4, 0.5) is 14.9 Å². The minimum absolute atomic E-state index is 0.00213. The van der Waals surface area contributed by atoms with Crippen LogP contribution in [-0.4, -0.2) is 94.1 Å². The molecule has 0 saturated carbocycles. The van der Waals surface area contributed by atoms with E-state index in [1.54, 1.807) is 31.2 Å². The molecule has 3 heterocycles. The van der Waals surface area contributed by atoms with E-state index in [1.807, 2.05) is 6.07 Å². The van der Waals surface area contributed by atoms with Gasteiger partial charge in [0.15, 0.2) is 0 Å². The van der Waals surface area contributed by atoms with Crippen LogP contribution in [0.3, 0.4) is 0 Å². The minimum Gasteiger partial charge on any atom is -0.493 e. The molecule has 0 radical (unpaired) electrons. The lowest BCUT2D eigenvalue weighted by Gasteiger charge is -2.42. The molecule has 0 N–H and O–H groups in total. The summed E-state index contributed by atoms with van der Waals surface area (Å²) in [7, 11) is -2.54. The number of nitrogens with zero attached hydrogens (tertiary/aromatic N) is 5. The van der Waals surface area contributed by atoms with Gasteiger partial charge >= 0.3 is 6.09 Å². The molecule has 6 rings (SSSR count). The highest BCUT2D eigenvalue weighted by Gasteiger charge is 2.61. The van der Waals surface area contributed by atoms with Gasteiger partial charge in [-0.25, -0.2) is 17.6 Å². The number of hydrogen-bond donors (Lipinski definition) is 0. The summed E-state index contributed by atoms with van der Waals surface area (Å²) in [6.07, 6.45) is 1.29. The van der Waals surface area contributed by atoms with E-state index < -0.39 is 33.4 Å². The molecule has 3 aromatic rings. The van der Waals surface area contributed by atoms with E-state index >= 15 is 0 Å². The molecule has 3 aliphatic heterocycles. The second kappa shape index (κ2) is 12.9. The molecule has 47 heavy (non-hydrogen) atoms. The Kier molecular flexibility index (Phi) is 8.93. The average molecular weight is 662 g/mol. The van der Waals surface area contributed by atoms with Gasteiger partial charge in [0.25, 0.3) is 15.9 Å². The van der Waals surface area contributed by atoms with Crippen molar-refractivity contribution in [2.75, 3.05) is 57.2 Å². The first-order valence-electron chi connectivity index (χ1n) is 15.6. The fraction of sp³-hybridized carbons (Fsp3) is 0.382. The van der Waals surface area contributed by atoms with Crippen molar-refractivity contribution in [2.24, 2.45) is 0 Å². The standard InChI is InChI=1S/C34H36FN5O6S/c1-3-45-31-7-5-4-6-28(31)34(46-33(42)39-20-18-38(19-21-39)26-14-16-37(2)17-15-26)29-22-24(23-36)8-13-30(29)40(32(34)41)47(43,44)27-11-9-25(35)10-12-27/h4-13,22,26H,3,14-21H2,1-2H3. The average Bonchev–Trinajstić information content (AvgIpc) is 3.33. The van der Waals surface area contributed by atoms with E-state index in [2.05, 4.69) is 16.8 Å². The van der Waals surface area contributed by atoms with Crippen molar-refractivity contribution >= 4 is 27.7 Å². The topological polar surface area (TPSA) is 123 Å². The number of benzene rings is 3.